The van der Waals surface area contributed by atoms with Crippen molar-refractivity contribution in [3.63, 3.8) is 0 Å². The molecule has 0 amide bonds. The Bertz CT molecular complexity index is 685. The highest BCUT2D eigenvalue weighted by Gasteiger charge is 2.22. The predicted octanol–water partition coefficient (Wildman–Crippen LogP) is 2.37. The van der Waals surface area contributed by atoms with Gasteiger partial charge in [0, 0.05) is 11.1 Å². The summed E-state index contributed by atoms with van der Waals surface area (Å²) in [6, 6.07) is 6.53. The Morgan fingerprint density at radius 2 is 2.00 bits per heavy atom. The molecule has 0 radical (unpaired) electrons. The zero-order valence-electron chi connectivity index (χ0n) is 12.4. The Kier molecular flexibility index (Phi) is 4.22. The highest BCUT2D eigenvalue weighted by Crippen LogP contribution is 2.23. The molecule has 114 valence electrons. The van der Waals surface area contributed by atoms with Gasteiger partial charge in [-0.2, -0.15) is 0 Å². The fourth-order valence-electron chi connectivity index (χ4n) is 2.03. The van der Waals surface area contributed by atoms with Gasteiger partial charge in [0.25, 0.3) is 0 Å². The number of allylic oxidation sites excluding steroid dienone is 2. The van der Waals surface area contributed by atoms with Crippen LogP contribution in [0.2, 0.25) is 0 Å². The van der Waals surface area contributed by atoms with Gasteiger partial charge < -0.3 is 0 Å². The van der Waals surface area contributed by atoms with Gasteiger partial charge in [0.05, 0.1) is 17.1 Å². The molecule has 1 aromatic rings. The standard InChI is InChI=1S/C15H20N2O3S/c1-15(2,3)16-21(19,20)13-8-6-7-12(11-13)14-9-4-5-10-17(14)18/h4-9,11,16,18H,10H2,1-3H3. The molecule has 5 nitrogen and oxygen atoms in total. The van der Waals surface area contributed by atoms with Crippen LogP contribution in [-0.2, 0) is 10.0 Å². The summed E-state index contributed by atoms with van der Waals surface area (Å²) < 4.78 is 27.3. The van der Waals surface area contributed by atoms with E-state index >= 15 is 0 Å². The molecular formula is C15H20N2O3S. The van der Waals surface area contributed by atoms with Crippen molar-refractivity contribution in [2.75, 3.05) is 6.54 Å². The van der Waals surface area contributed by atoms with E-state index in [0.717, 1.165) is 5.06 Å². The third kappa shape index (κ3) is 3.93. The molecule has 0 atom stereocenters. The highest BCUT2D eigenvalue weighted by atomic mass is 32.2. The average molecular weight is 308 g/mol. The number of hydroxylamine groups is 2. The van der Waals surface area contributed by atoms with Crippen LogP contribution >= 0.6 is 0 Å². The van der Waals surface area contributed by atoms with E-state index in [0.29, 0.717) is 17.8 Å². The van der Waals surface area contributed by atoms with Gasteiger partial charge in [0.15, 0.2) is 0 Å². The van der Waals surface area contributed by atoms with E-state index in [4.69, 9.17) is 0 Å². The van der Waals surface area contributed by atoms with E-state index in [1.807, 2.05) is 12.2 Å². The molecule has 0 spiro atoms. The fraction of sp³-hybridized carbons (Fsp3) is 0.333. The molecule has 1 aromatic carbocycles. The summed E-state index contributed by atoms with van der Waals surface area (Å²) in [5.74, 6) is 0. The topological polar surface area (TPSA) is 69.6 Å². The summed E-state index contributed by atoms with van der Waals surface area (Å²) in [6.45, 7) is 5.75. The van der Waals surface area contributed by atoms with Crippen LogP contribution in [0.25, 0.3) is 5.70 Å². The van der Waals surface area contributed by atoms with Gasteiger partial charge >= 0.3 is 0 Å². The van der Waals surface area contributed by atoms with E-state index in [1.165, 1.54) is 0 Å². The highest BCUT2D eigenvalue weighted by molar-refractivity contribution is 7.89. The number of hydrogen-bond donors (Lipinski definition) is 2. The maximum atomic E-state index is 12.3. The van der Waals surface area contributed by atoms with E-state index in [2.05, 4.69) is 4.72 Å². The fourth-order valence-corrected chi connectivity index (χ4v) is 3.50. The molecule has 0 unspecified atom stereocenters. The van der Waals surface area contributed by atoms with Crippen molar-refractivity contribution in [2.24, 2.45) is 0 Å². The zero-order chi connectivity index (χ0) is 15.7. The van der Waals surface area contributed by atoms with Crippen LogP contribution in [0.1, 0.15) is 26.3 Å². The van der Waals surface area contributed by atoms with Crippen molar-refractivity contribution in [1.82, 2.24) is 9.79 Å². The lowest BCUT2D eigenvalue weighted by Crippen LogP contribution is -2.40. The van der Waals surface area contributed by atoms with Gasteiger partial charge in [-0.15, -0.1) is 0 Å². The quantitative estimate of drug-likeness (QED) is 0.899. The Morgan fingerprint density at radius 3 is 2.62 bits per heavy atom. The van der Waals surface area contributed by atoms with Crippen LogP contribution in [0.5, 0.6) is 0 Å². The van der Waals surface area contributed by atoms with Gasteiger partial charge in [-0.3, -0.25) is 10.3 Å². The van der Waals surface area contributed by atoms with Crippen LogP contribution in [0, 0.1) is 0 Å². The minimum atomic E-state index is -3.59. The molecule has 6 heteroatoms. The van der Waals surface area contributed by atoms with Crippen molar-refractivity contribution < 1.29 is 13.6 Å². The van der Waals surface area contributed by atoms with Crippen molar-refractivity contribution in [2.45, 2.75) is 31.2 Å². The first-order chi connectivity index (χ1) is 9.69. The van der Waals surface area contributed by atoms with Crippen LogP contribution in [-0.4, -0.2) is 30.8 Å². The molecule has 0 bridgehead atoms. The Balaban J connectivity index is 2.39. The van der Waals surface area contributed by atoms with E-state index in [1.54, 1.807) is 51.1 Å². The number of nitrogens with zero attached hydrogens (tertiary/aromatic N) is 1. The van der Waals surface area contributed by atoms with Crippen molar-refractivity contribution in [3.05, 3.63) is 48.1 Å². The molecule has 1 heterocycles. The Labute approximate surface area is 125 Å². The number of rotatable bonds is 3. The molecule has 1 aliphatic heterocycles. The van der Waals surface area contributed by atoms with Crippen LogP contribution < -0.4 is 4.72 Å². The summed E-state index contributed by atoms with van der Waals surface area (Å²) in [5, 5.41) is 10.9. The van der Waals surface area contributed by atoms with Crippen molar-refractivity contribution in [3.8, 4) is 0 Å². The molecule has 0 aliphatic carbocycles. The molecule has 2 rings (SSSR count). The van der Waals surface area contributed by atoms with Crippen molar-refractivity contribution in [1.29, 1.82) is 0 Å². The minimum absolute atomic E-state index is 0.179. The molecular weight excluding hydrogens is 288 g/mol. The largest absolute Gasteiger partial charge is 0.288 e. The second-order valence-corrected chi connectivity index (χ2v) is 7.63. The Hall–Kier alpha value is -1.63. The Morgan fingerprint density at radius 1 is 1.29 bits per heavy atom. The lowest BCUT2D eigenvalue weighted by atomic mass is 10.1. The van der Waals surface area contributed by atoms with Gasteiger partial charge in [-0.05, 0) is 39.0 Å². The normalized spacial score (nSPS) is 16.0. The maximum Gasteiger partial charge on any atom is 0.241 e. The van der Waals surface area contributed by atoms with Gasteiger partial charge in [-0.1, -0.05) is 24.3 Å². The van der Waals surface area contributed by atoms with E-state index in [9.17, 15) is 13.6 Å². The summed E-state index contributed by atoms with van der Waals surface area (Å²) in [6.07, 6.45) is 5.38. The van der Waals surface area contributed by atoms with Gasteiger partial charge in [0.1, 0.15) is 0 Å². The van der Waals surface area contributed by atoms with Crippen LogP contribution in [0.4, 0.5) is 0 Å². The zero-order valence-corrected chi connectivity index (χ0v) is 13.2. The van der Waals surface area contributed by atoms with E-state index < -0.39 is 15.6 Å². The first kappa shape index (κ1) is 15.8. The van der Waals surface area contributed by atoms with E-state index in [-0.39, 0.29) is 4.90 Å². The number of sulfonamides is 1. The molecule has 0 saturated heterocycles. The third-order valence-electron chi connectivity index (χ3n) is 2.83. The van der Waals surface area contributed by atoms with Crippen LogP contribution in [0.3, 0.4) is 0 Å². The second kappa shape index (κ2) is 5.63. The molecule has 0 saturated carbocycles. The summed E-state index contributed by atoms with van der Waals surface area (Å²) in [7, 11) is -3.59. The molecule has 0 aromatic heterocycles. The second-order valence-electron chi connectivity index (χ2n) is 5.95. The predicted molar refractivity (Wildman–Crippen MR) is 82.1 cm³/mol. The first-order valence-corrected chi connectivity index (χ1v) is 8.15. The first-order valence-electron chi connectivity index (χ1n) is 6.67. The molecule has 0 fully saturated rings. The third-order valence-corrected chi connectivity index (χ3v) is 4.58. The van der Waals surface area contributed by atoms with Crippen LogP contribution in [0.15, 0.2) is 47.4 Å². The summed E-state index contributed by atoms with van der Waals surface area (Å²) in [5.41, 5.74) is 0.675. The SMILES string of the molecule is CC(C)(C)NS(=O)(=O)c1cccc(C2=CC=CCN2O)c1. The van der Waals surface area contributed by atoms with Gasteiger partial charge in [0.2, 0.25) is 10.0 Å². The number of hydrogen-bond acceptors (Lipinski definition) is 4. The van der Waals surface area contributed by atoms with Crippen molar-refractivity contribution >= 4 is 15.7 Å². The minimum Gasteiger partial charge on any atom is -0.288 e. The number of nitrogens with one attached hydrogen (secondary N) is 1. The summed E-state index contributed by atoms with van der Waals surface area (Å²) in [4.78, 5) is 0.179. The maximum absolute atomic E-state index is 12.3. The molecule has 21 heavy (non-hydrogen) atoms. The smallest absolute Gasteiger partial charge is 0.241 e. The molecule has 2 N–H and O–H groups in total. The monoisotopic (exact) mass is 308 g/mol. The average Bonchev–Trinajstić information content (AvgIpc) is 2.37. The lowest BCUT2D eigenvalue weighted by molar-refractivity contribution is -0.0165. The number of benzene rings is 1. The summed E-state index contributed by atoms with van der Waals surface area (Å²) >= 11 is 0. The lowest BCUT2D eigenvalue weighted by Gasteiger charge is -2.23. The van der Waals surface area contributed by atoms with Gasteiger partial charge in [-0.25, -0.2) is 13.1 Å². The molecule has 1 aliphatic rings.